The summed E-state index contributed by atoms with van der Waals surface area (Å²) >= 11 is 0. The van der Waals surface area contributed by atoms with Crippen LogP contribution in [0.1, 0.15) is 0 Å². The highest BCUT2D eigenvalue weighted by atomic mass is 79.9. The third-order valence-corrected chi connectivity index (χ3v) is 1.64. The van der Waals surface area contributed by atoms with Gasteiger partial charge in [-0.15, -0.1) is 23.6 Å². The molecule has 3 nitrogen and oxygen atoms in total. The molecule has 1 N–H and O–H groups in total. The minimum absolute atomic E-state index is 0. The van der Waals surface area contributed by atoms with E-state index < -0.39 is 0 Å². The van der Waals surface area contributed by atoms with Gasteiger partial charge in [0.05, 0.1) is 12.3 Å². The summed E-state index contributed by atoms with van der Waals surface area (Å²) in [5.41, 5.74) is 0. The van der Waals surface area contributed by atoms with Crippen LogP contribution in [0.2, 0.25) is 0 Å². The van der Waals surface area contributed by atoms with Gasteiger partial charge in [0.25, 0.3) is 0 Å². The summed E-state index contributed by atoms with van der Waals surface area (Å²) in [6, 6.07) is 0.0398. The molecular weight excluding hydrogens is 232 g/mol. The van der Waals surface area contributed by atoms with Crippen LogP contribution >= 0.6 is 17.0 Å². The number of nitrogens with zero attached hydrogens (tertiary/aromatic N) is 2. The zero-order valence-corrected chi connectivity index (χ0v) is 8.92. The second kappa shape index (κ2) is 6.48. The lowest BCUT2D eigenvalue weighted by atomic mass is 10.2. The molecule has 0 amide bonds. The lowest BCUT2D eigenvalue weighted by Crippen LogP contribution is -2.31. The van der Waals surface area contributed by atoms with Crippen molar-refractivity contribution in [3.63, 3.8) is 0 Å². The van der Waals surface area contributed by atoms with Crippen molar-refractivity contribution < 1.29 is 5.21 Å². The number of oxime groups is 1. The van der Waals surface area contributed by atoms with Crippen LogP contribution < -0.4 is 0 Å². The van der Waals surface area contributed by atoms with Crippen molar-refractivity contribution in [3.05, 3.63) is 37.1 Å². The Labute approximate surface area is 88.5 Å². The molecule has 1 aliphatic rings. The second-order valence-corrected chi connectivity index (χ2v) is 2.47. The third-order valence-electron chi connectivity index (χ3n) is 1.64. The molecule has 0 bridgehead atoms. The van der Waals surface area contributed by atoms with E-state index in [2.05, 4.69) is 11.7 Å². The highest BCUT2D eigenvalue weighted by Gasteiger charge is 2.09. The SMILES string of the molecule is Br.C=CCN1C=CC=CC1/C=N\O. The fourth-order valence-electron chi connectivity index (χ4n) is 1.08. The minimum atomic E-state index is 0. The van der Waals surface area contributed by atoms with Gasteiger partial charge in [-0.25, -0.2) is 0 Å². The Hall–Kier alpha value is -1.03. The normalized spacial score (nSPS) is 20.3. The minimum Gasteiger partial charge on any atom is -0.411 e. The first-order chi connectivity index (χ1) is 5.88. The molecule has 1 rings (SSSR count). The van der Waals surface area contributed by atoms with Gasteiger partial charge in [-0.05, 0) is 6.08 Å². The van der Waals surface area contributed by atoms with E-state index >= 15 is 0 Å². The van der Waals surface area contributed by atoms with Crippen LogP contribution in [0.5, 0.6) is 0 Å². The molecule has 0 aromatic heterocycles. The Kier molecular flexibility index (Phi) is 5.97. The summed E-state index contributed by atoms with van der Waals surface area (Å²) in [6.45, 7) is 4.39. The fourth-order valence-corrected chi connectivity index (χ4v) is 1.08. The van der Waals surface area contributed by atoms with Gasteiger partial charge in [-0.3, -0.25) is 0 Å². The molecule has 1 heterocycles. The van der Waals surface area contributed by atoms with Gasteiger partial charge in [0.15, 0.2) is 0 Å². The lowest BCUT2D eigenvalue weighted by Gasteiger charge is -2.25. The summed E-state index contributed by atoms with van der Waals surface area (Å²) in [5.74, 6) is 0. The van der Waals surface area contributed by atoms with Crippen molar-refractivity contribution in [2.45, 2.75) is 6.04 Å². The van der Waals surface area contributed by atoms with Crippen LogP contribution in [0.4, 0.5) is 0 Å². The van der Waals surface area contributed by atoms with E-state index in [1.165, 1.54) is 6.21 Å². The summed E-state index contributed by atoms with van der Waals surface area (Å²) in [5, 5.41) is 11.4. The van der Waals surface area contributed by atoms with Crippen molar-refractivity contribution >= 4 is 23.2 Å². The van der Waals surface area contributed by atoms with Gasteiger partial charge < -0.3 is 10.1 Å². The molecule has 1 unspecified atom stereocenters. The van der Waals surface area contributed by atoms with Crippen LogP contribution in [0.25, 0.3) is 0 Å². The first-order valence-electron chi connectivity index (χ1n) is 3.77. The number of rotatable bonds is 3. The van der Waals surface area contributed by atoms with E-state index in [0.29, 0.717) is 0 Å². The standard InChI is InChI=1S/C9H12N2O.BrH/c1-2-6-11-7-4-3-5-9(11)8-10-12;/h2-5,7-9,12H,1,6H2;1H/b10-8-;. The van der Waals surface area contributed by atoms with Crippen molar-refractivity contribution in [3.8, 4) is 0 Å². The van der Waals surface area contributed by atoms with Crippen molar-refractivity contribution in [2.24, 2.45) is 5.16 Å². The average molecular weight is 245 g/mol. The van der Waals surface area contributed by atoms with E-state index in [0.717, 1.165) is 6.54 Å². The smallest absolute Gasteiger partial charge is 0.0862 e. The Balaban J connectivity index is 0.00000144. The average Bonchev–Trinajstić information content (AvgIpc) is 2.09. The molecule has 0 aromatic carbocycles. The van der Waals surface area contributed by atoms with Crippen LogP contribution in [0, 0.1) is 0 Å². The van der Waals surface area contributed by atoms with Gasteiger partial charge in [0.2, 0.25) is 0 Å². The maximum absolute atomic E-state index is 8.36. The number of hydrogen-bond donors (Lipinski definition) is 1. The Morgan fingerprint density at radius 2 is 2.31 bits per heavy atom. The van der Waals surface area contributed by atoms with Gasteiger partial charge >= 0.3 is 0 Å². The molecule has 0 spiro atoms. The monoisotopic (exact) mass is 244 g/mol. The van der Waals surface area contributed by atoms with Crippen LogP contribution in [-0.2, 0) is 0 Å². The topological polar surface area (TPSA) is 35.8 Å². The molecule has 72 valence electrons. The number of halogens is 1. The largest absolute Gasteiger partial charge is 0.411 e. The summed E-state index contributed by atoms with van der Waals surface area (Å²) in [6.07, 6.45) is 11.0. The van der Waals surface area contributed by atoms with Gasteiger partial charge in [0.1, 0.15) is 0 Å². The highest BCUT2D eigenvalue weighted by molar-refractivity contribution is 8.93. The van der Waals surface area contributed by atoms with Gasteiger partial charge in [-0.1, -0.05) is 23.4 Å². The number of allylic oxidation sites excluding steroid dienone is 2. The first kappa shape index (κ1) is 12.0. The predicted molar refractivity (Wildman–Crippen MR) is 59.6 cm³/mol. The molecule has 0 radical (unpaired) electrons. The lowest BCUT2D eigenvalue weighted by molar-refractivity contribution is 0.314. The van der Waals surface area contributed by atoms with Crippen LogP contribution in [0.3, 0.4) is 0 Å². The fraction of sp³-hybridized carbons (Fsp3) is 0.222. The molecule has 0 aromatic rings. The molecule has 13 heavy (non-hydrogen) atoms. The van der Waals surface area contributed by atoms with Crippen molar-refractivity contribution in [2.75, 3.05) is 6.54 Å². The Morgan fingerprint density at radius 1 is 1.54 bits per heavy atom. The summed E-state index contributed by atoms with van der Waals surface area (Å²) < 4.78 is 0. The quantitative estimate of drug-likeness (QED) is 0.357. The van der Waals surface area contributed by atoms with Crippen LogP contribution in [-0.4, -0.2) is 28.9 Å². The summed E-state index contributed by atoms with van der Waals surface area (Å²) in [7, 11) is 0. The zero-order valence-electron chi connectivity index (χ0n) is 7.21. The molecule has 1 aliphatic heterocycles. The Morgan fingerprint density at radius 3 is 2.92 bits per heavy atom. The third kappa shape index (κ3) is 3.46. The van der Waals surface area contributed by atoms with Gasteiger partial charge in [0, 0.05) is 12.7 Å². The molecular formula is C9H13BrN2O. The predicted octanol–water partition coefficient (Wildman–Crippen LogP) is 1.96. The van der Waals surface area contributed by atoms with E-state index in [9.17, 15) is 0 Å². The van der Waals surface area contributed by atoms with E-state index in [-0.39, 0.29) is 23.0 Å². The first-order valence-corrected chi connectivity index (χ1v) is 3.77. The zero-order chi connectivity index (χ0) is 8.81. The van der Waals surface area contributed by atoms with Crippen molar-refractivity contribution in [1.82, 2.24) is 4.90 Å². The van der Waals surface area contributed by atoms with Crippen LogP contribution in [0.15, 0.2) is 42.2 Å². The maximum atomic E-state index is 8.36. The molecule has 0 saturated carbocycles. The van der Waals surface area contributed by atoms with Gasteiger partial charge in [-0.2, -0.15) is 0 Å². The van der Waals surface area contributed by atoms with Crippen molar-refractivity contribution in [1.29, 1.82) is 0 Å². The maximum Gasteiger partial charge on any atom is 0.0862 e. The molecule has 1 atom stereocenters. The highest BCUT2D eigenvalue weighted by Crippen LogP contribution is 2.05. The second-order valence-electron chi connectivity index (χ2n) is 2.47. The molecule has 4 heteroatoms. The molecule has 0 fully saturated rings. The Bertz CT molecular complexity index is 236. The molecule has 0 aliphatic carbocycles. The van der Waals surface area contributed by atoms with E-state index in [1.54, 1.807) is 0 Å². The molecule has 0 saturated heterocycles. The summed E-state index contributed by atoms with van der Waals surface area (Å²) in [4.78, 5) is 2.01. The number of hydrogen-bond acceptors (Lipinski definition) is 3. The van der Waals surface area contributed by atoms with E-state index in [4.69, 9.17) is 5.21 Å². The van der Waals surface area contributed by atoms with E-state index in [1.807, 2.05) is 35.4 Å².